The minimum absolute atomic E-state index is 0.137. The Kier molecular flexibility index (Phi) is 15.2. The Hall–Kier alpha value is -5.18. The molecule has 4 heterocycles. The third-order valence-corrected chi connectivity index (χ3v) is 10.8. The van der Waals surface area contributed by atoms with E-state index in [1.807, 2.05) is 60.7 Å². The molecule has 64 heavy (non-hydrogen) atoms. The SMILES string of the molecule is CCOC(=O)CC(NC(=O)Nc1cccc(NC(=O)NC(CC(=O)OCC)C2O[C@@H]3OC(C)(C)O[C@@H]3[C@H]2OCc2ccccc2)c1)C1O[C@H]2OC(C)(C)O[C@H]2[C@@H]1OCc1ccccc1. The summed E-state index contributed by atoms with van der Waals surface area (Å²) >= 11 is 0. The average molecular weight is 891 g/mol. The van der Waals surface area contributed by atoms with Gasteiger partial charge in [0.25, 0.3) is 0 Å². The summed E-state index contributed by atoms with van der Waals surface area (Å²) in [6, 6.07) is 22.3. The lowest BCUT2D eigenvalue weighted by molar-refractivity contribution is -0.223. The van der Waals surface area contributed by atoms with Crippen molar-refractivity contribution in [1.29, 1.82) is 0 Å². The smallest absolute Gasteiger partial charge is 0.319 e. The number of hydrogen-bond acceptors (Lipinski definition) is 14. The van der Waals surface area contributed by atoms with Crippen molar-refractivity contribution in [3.8, 4) is 0 Å². The highest BCUT2D eigenvalue weighted by Crippen LogP contribution is 2.42. The molecule has 3 aromatic rings. The summed E-state index contributed by atoms with van der Waals surface area (Å²) < 4.78 is 60.4. The fourth-order valence-corrected chi connectivity index (χ4v) is 8.21. The summed E-state index contributed by atoms with van der Waals surface area (Å²) in [5.41, 5.74) is 2.43. The molecular weight excluding hydrogens is 833 g/mol. The van der Waals surface area contributed by atoms with E-state index in [1.165, 1.54) is 6.07 Å². The van der Waals surface area contributed by atoms with Gasteiger partial charge < -0.3 is 68.6 Å². The topological polar surface area (TPSA) is 209 Å². The summed E-state index contributed by atoms with van der Waals surface area (Å²) in [5, 5.41) is 11.3. The Morgan fingerprint density at radius 1 is 0.578 bits per heavy atom. The molecule has 4 unspecified atom stereocenters. The van der Waals surface area contributed by atoms with E-state index in [2.05, 4.69) is 21.3 Å². The fraction of sp³-hybridized carbons (Fsp3) is 0.522. The van der Waals surface area contributed by atoms with Crippen molar-refractivity contribution in [2.75, 3.05) is 23.8 Å². The molecule has 10 atom stereocenters. The van der Waals surface area contributed by atoms with Gasteiger partial charge in [0.05, 0.1) is 51.4 Å². The van der Waals surface area contributed by atoms with Gasteiger partial charge in [-0.1, -0.05) is 66.7 Å². The Balaban J connectivity index is 1.03. The first-order valence-corrected chi connectivity index (χ1v) is 21.6. The molecule has 3 aromatic carbocycles. The maximum absolute atomic E-state index is 13.7. The zero-order valence-electron chi connectivity index (χ0n) is 36.8. The quantitative estimate of drug-likeness (QED) is 0.116. The van der Waals surface area contributed by atoms with Gasteiger partial charge in [0, 0.05) is 11.4 Å². The van der Waals surface area contributed by atoms with Gasteiger partial charge in [0.2, 0.25) is 0 Å². The van der Waals surface area contributed by atoms with Gasteiger partial charge in [0.1, 0.15) is 36.6 Å². The number of fused-ring (bicyclic) bond motifs is 2. The number of carbonyl (C=O) groups is 4. The maximum Gasteiger partial charge on any atom is 0.319 e. The van der Waals surface area contributed by atoms with Crippen LogP contribution in [-0.2, 0) is 70.2 Å². The predicted molar refractivity (Wildman–Crippen MR) is 228 cm³/mol. The van der Waals surface area contributed by atoms with E-state index >= 15 is 0 Å². The second kappa shape index (κ2) is 20.8. The molecular formula is C46H58N4O14. The van der Waals surface area contributed by atoms with Crippen LogP contribution in [0.25, 0.3) is 0 Å². The summed E-state index contributed by atoms with van der Waals surface area (Å²) in [6.45, 7) is 11.2. The molecule has 0 aliphatic carbocycles. The van der Waals surface area contributed by atoms with Crippen LogP contribution in [0.5, 0.6) is 0 Å². The first-order chi connectivity index (χ1) is 30.7. The Morgan fingerprint density at radius 2 is 0.984 bits per heavy atom. The standard InChI is InChI=1S/C46H58N4O14/c1-7-55-33(51)23-31(35-37(57-25-27-16-11-9-12-17-27)39-41(59-35)63-45(3,4)61-39)49-43(53)47-29-20-15-21-30(22-29)48-44(54)50-32(24-34(52)56-8-2)36-38(58-26-28-18-13-10-14-19-28)40-42(60-36)64-46(5,6)62-40/h9-22,31-32,35-42H,7-8,23-26H2,1-6H3,(H2,47,49,53)(H2,48,50,54)/t31?,32?,35?,36?,37-,38+,39+,40-,41+,42-. The van der Waals surface area contributed by atoms with Crippen LogP contribution < -0.4 is 21.3 Å². The number of hydrogen-bond donors (Lipinski definition) is 4. The molecule has 4 saturated heterocycles. The van der Waals surface area contributed by atoms with E-state index in [1.54, 1.807) is 59.7 Å². The molecule has 7 rings (SSSR count). The highest BCUT2D eigenvalue weighted by atomic mass is 16.9. The molecule has 346 valence electrons. The first kappa shape index (κ1) is 46.8. The van der Waals surface area contributed by atoms with Crippen LogP contribution in [-0.4, -0.2) is 110 Å². The van der Waals surface area contributed by atoms with Crippen molar-refractivity contribution in [3.05, 3.63) is 96.1 Å². The van der Waals surface area contributed by atoms with Crippen molar-refractivity contribution in [1.82, 2.24) is 10.6 Å². The van der Waals surface area contributed by atoms with E-state index in [4.69, 9.17) is 47.4 Å². The lowest BCUT2D eigenvalue weighted by Crippen LogP contribution is -2.52. The van der Waals surface area contributed by atoms with Crippen molar-refractivity contribution in [3.63, 3.8) is 0 Å². The van der Waals surface area contributed by atoms with E-state index in [0.717, 1.165) is 11.1 Å². The first-order valence-electron chi connectivity index (χ1n) is 21.6. The number of urea groups is 2. The van der Waals surface area contributed by atoms with Crippen LogP contribution in [0.15, 0.2) is 84.9 Å². The van der Waals surface area contributed by atoms with Gasteiger partial charge in [-0.3, -0.25) is 9.59 Å². The largest absolute Gasteiger partial charge is 0.466 e. The lowest BCUT2D eigenvalue weighted by atomic mass is 10.0. The van der Waals surface area contributed by atoms with Crippen molar-refractivity contribution in [2.24, 2.45) is 0 Å². The summed E-state index contributed by atoms with van der Waals surface area (Å²) in [4.78, 5) is 53.3. The predicted octanol–water partition coefficient (Wildman–Crippen LogP) is 5.50. The van der Waals surface area contributed by atoms with E-state index in [9.17, 15) is 19.2 Å². The van der Waals surface area contributed by atoms with Crippen LogP contribution >= 0.6 is 0 Å². The Bertz CT molecular complexity index is 1920. The number of benzene rings is 3. The molecule has 4 amide bonds. The summed E-state index contributed by atoms with van der Waals surface area (Å²) in [5.74, 6) is -3.00. The van der Waals surface area contributed by atoms with Crippen molar-refractivity contribution >= 4 is 35.4 Å². The Labute approximate surface area is 372 Å². The van der Waals surface area contributed by atoms with Gasteiger partial charge in [-0.15, -0.1) is 0 Å². The second-order valence-electron chi connectivity index (χ2n) is 16.7. The lowest BCUT2D eigenvalue weighted by Gasteiger charge is -2.31. The second-order valence-corrected chi connectivity index (χ2v) is 16.7. The highest BCUT2D eigenvalue weighted by molar-refractivity contribution is 5.93. The van der Waals surface area contributed by atoms with Gasteiger partial charge in [0.15, 0.2) is 24.2 Å². The molecule has 0 radical (unpaired) electrons. The number of ether oxygens (including phenoxy) is 10. The van der Waals surface area contributed by atoms with E-state index in [0.29, 0.717) is 11.4 Å². The fourth-order valence-electron chi connectivity index (χ4n) is 8.21. The van der Waals surface area contributed by atoms with E-state index < -0.39 is 96.9 Å². The van der Waals surface area contributed by atoms with Gasteiger partial charge in [-0.2, -0.15) is 0 Å². The van der Waals surface area contributed by atoms with Crippen molar-refractivity contribution in [2.45, 2.75) is 140 Å². The summed E-state index contributed by atoms with van der Waals surface area (Å²) in [7, 11) is 0. The van der Waals surface area contributed by atoms with E-state index in [-0.39, 0.29) is 39.3 Å². The number of esters is 2. The summed E-state index contributed by atoms with van der Waals surface area (Å²) in [6.07, 6.45) is -6.64. The number of amides is 4. The minimum Gasteiger partial charge on any atom is -0.466 e. The number of anilines is 2. The number of rotatable bonds is 18. The molecule has 4 aliphatic rings. The molecule has 18 nitrogen and oxygen atoms in total. The molecule has 18 heteroatoms. The van der Waals surface area contributed by atoms with Crippen LogP contribution in [0.1, 0.15) is 65.5 Å². The average Bonchev–Trinajstić information content (AvgIpc) is 3.94. The third kappa shape index (κ3) is 12.1. The van der Waals surface area contributed by atoms with Crippen LogP contribution in [0.4, 0.5) is 21.0 Å². The monoisotopic (exact) mass is 890 g/mol. The van der Waals surface area contributed by atoms with Gasteiger partial charge in [-0.05, 0) is 70.9 Å². The molecule has 0 bridgehead atoms. The zero-order valence-corrected chi connectivity index (χ0v) is 36.8. The molecule has 0 spiro atoms. The molecule has 4 N–H and O–H groups in total. The normalized spacial score (nSPS) is 27.1. The minimum atomic E-state index is -0.946. The van der Waals surface area contributed by atoms with Crippen LogP contribution in [0.3, 0.4) is 0 Å². The van der Waals surface area contributed by atoms with Crippen molar-refractivity contribution < 1.29 is 66.5 Å². The number of nitrogens with one attached hydrogen (secondary N) is 4. The zero-order chi connectivity index (χ0) is 45.4. The molecule has 0 saturated carbocycles. The van der Waals surface area contributed by atoms with Crippen LogP contribution in [0.2, 0.25) is 0 Å². The third-order valence-electron chi connectivity index (χ3n) is 10.8. The highest BCUT2D eigenvalue weighted by Gasteiger charge is 2.59. The molecule has 4 aliphatic heterocycles. The molecule has 4 fully saturated rings. The van der Waals surface area contributed by atoms with Gasteiger partial charge >= 0.3 is 24.0 Å². The maximum atomic E-state index is 13.7. The van der Waals surface area contributed by atoms with Gasteiger partial charge in [-0.25, -0.2) is 9.59 Å². The number of carbonyl (C=O) groups excluding carboxylic acids is 4. The Morgan fingerprint density at radius 3 is 1.38 bits per heavy atom. The van der Waals surface area contributed by atoms with Crippen LogP contribution in [0, 0.1) is 0 Å². The molecule has 0 aromatic heterocycles.